The molecule has 0 saturated heterocycles. The minimum atomic E-state index is -0.401. The predicted molar refractivity (Wildman–Crippen MR) is 80.4 cm³/mol. The van der Waals surface area contributed by atoms with Crippen LogP contribution in [0.5, 0.6) is 0 Å². The smallest absolute Gasteiger partial charge is 0.319 e. The highest BCUT2D eigenvalue weighted by Gasteiger charge is 2.30. The first-order valence-electron chi connectivity index (χ1n) is 7.28. The van der Waals surface area contributed by atoms with Crippen LogP contribution >= 0.6 is 0 Å². The van der Waals surface area contributed by atoms with E-state index in [0.29, 0.717) is 13.2 Å². The van der Waals surface area contributed by atoms with Crippen molar-refractivity contribution in [2.75, 3.05) is 13.2 Å². The van der Waals surface area contributed by atoms with Gasteiger partial charge in [0.2, 0.25) is 0 Å². The number of aromatic amines is 1. The number of rotatable bonds is 0. The summed E-state index contributed by atoms with van der Waals surface area (Å²) in [5, 5.41) is 1.19. The lowest BCUT2D eigenvalue weighted by atomic mass is 10.1. The highest BCUT2D eigenvalue weighted by atomic mass is 16.5. The Morgan fingerprint density at radius 3 is 3.00 bits per heavy atom. The largest absolute Gasteiger partial charge is 0.490 e. The third-order valence-electron chi connectivity index (χ3n) is 4.28. The van der Waals surface area contributed by atoms with Crippen molar-refractivity contribution in [2.45, 2.75) is 19.3 Å². The third kappa shape index (κ3) is 1.81. The zero-order valence-electron chi connectivity index (χ0n) is 11.7. The fraction of sp³-hybridized carbons (Fsp3) is 0.312. The summed E-state index contributed by atoms with van der Waals surface area (Å²) in [6, 6.07) is 7.82. The van der Waals surface area contributed by atoms with Crippen LogP contribution in [0.25, 0.3) is 16.7 Å². The molecule has 1 aromatic carbocycles. The number of nitrogens with one attached hydrogen (secondary N) is 1. The van der Waals surface area contributed by atoms with Gasteiger partial charge in [0.15, 0.2) is 5.76 Å². The lowest BCUT2D eigenvalue weighted by molar-refractivity contribution is 0.204. The number of nitrogens with two attached hydrogens (primary N) is 1. The molecule has 2 aromatic rings. The summed E-state index contributed by atoms with van der Waals surface area (Å²) in [5.41, 5.74) is 9.79. The number of para-hydroxylation sites is 1. The van der Waals surface area contributed by atoms with E-state index in [4.69, 9.17) is 10.5 Å². The molecule has 0 aliphatic carbocycles. The van der Waals surface area contributed by atoms with Gasteiger partial charge >= 0.3 is 6.03 Å². The Morgan fingerprint density at radius 1 is 1.29 bits per heavy atom. The number of primary amides is 1. The number of aromatic nitrogens is 1. The number of carbonyl (C=O) groups is 1. The van der Waals surface area contributed by atoms with Crippen molar-refractivity contribution in [3.63, 3.8) is 0 Å². The normalized spacial score (nSPS) is 18.0. The summed E-state index contributed by atoms with van der Waals surface area (Å²) in [6.07, 6.45) is 2.52. The number of ether oxygens (including phenoxy) is 1. The first-order chi connectivity index (χ1) is 10.3. The number of H-pyrrole nitrogens is 1. The predicted octanol–water partition coefficient (Wildman–Crippen LogP) is 2.58. The highest BCUT2D eigenvalue weighted by molar-refractivity contribution is 5.90. The fourth-order valence-electron chi connectivity index (χ4n) is 3.34. The molecule has 3 heterocycles. The number of benzene rings is 1. The summed E-state index contributed by atoms with van der Waals surface area (Å²) in [4.78, 5) is 16.9. The van der Waals surface area contributed by atoms with E-state index in [2.05, 4.69) is 17.1 Å². The Bertz CT molecular complexity index is 760. The number of amides is 2. The first kappa shape index (κ1) is 12.3. The molecule has 4 rings (SSSR count). The average molecular weight is 283 g/mol. The summed E-state index contributed by atoms with van der Waals surface area (Å²) in [6.45, 7) is 1.28. The van der Waals surface area contributed by atoms with E-state index in [9.17, 15) is 4.79 Å². The number of nitrogens with zero attached hydrogens (tertiary/aromatic N) is 1. The molecular formula is C16H17N3O2. The van der Waals surface area contributed by atoms with Gasteiger partial charge in [0.1, 0.15) is 0 Å². The van der Waals surface area contributed by atoms with Gasteiger partial charge in [-0.05, 0) is 30.9 Å². The van der Waals surface area contributed by atoms with Crippen LogP contribution in [0, 0.1) is 0 Å². The second-order valence-corrected chi connectivity index (χ2v) is 5.49. The van der Waals surface area contributed by atoms with Crippen LogP contribution in [0.4, 0.5) is 4.79 Å². The average Bonchev–Trinajstić information content (AvgIpc) is 2.78. The van der Waals surface area contributed by atoms with Gasteiger partial charge < -0.3 is 15.5 Å². The maximum absolute atomic E-state index is 11.7. The van der Waals surface area contributed by atoms with Crippen LogP contribution in [-0.2, 0) is 11.2 Å². The van der Waals surface area contributed by atoms with E-state index in [0.717, 1.165) is 41.9 Å². The molecule has 5 heteroatoms. The monoisotopic (exact) mass is 283 g/mol. The van der Waals surface area contributed by atoms with Crippen molar-refractivity contribution in [1.82, 2.24) is 9.88 Å². The van der Waals surface area contributed by atoms with Gasteiger partial charge in [-0.25, -0.2) is 4.79 Å². The summed E-state index contributed by atoms with van der Waals surface area (Å²) in [7, 11) is 0. The molecule has 0 fully saturated rings. The Kier molecular flexibility index (Phi) is 2.67. The molecule has 5 nitrogen and oxygen atoms in total. The van der Waals surface area contributed by atoms with Gasteiger partial charge in [0.05, 0.1) is 18.0 Å². The van der Waals surface area contributed by atoms with Crippen molar-refractivity contribution in [3.05, 3.63) is 41.2 Å². The van der Waals surface area contributed by atoms with Crippen LogP contribution in [-0.4, -0.2) is 29.1 Å². The first-order valence-corrected chi connectivity index (χ1v) is 7.28. The van der Waals surface area contributed by atoms with Crippen molar-refractivity contribution in [1.29, 1.82) is 0 Å². The molecular weight excluding hydrogens is 266 g/mol. The molecule has 1 aromatic heterocycles. The van der Waals surface area contributed by atoms with E-state index in [1.54, 1.807) is 4.90 Å². The van der Waals surface area contributed by atoms with Crippen molar-refractivity contribution < 1.29 is 9.53 Å². The molecule has 108 valence electrons. The van der Waals surface area contributed by atoms with E-state index in [1.807, 2.05) is 12.1 Å². The molecule has 2 aliphatic rings. The molecule has 3 N–H and O–H groups in total. The minimum absolute atomic E-state index is 0.401. The molecule has 2 aliphatic heterocycles. The van der Waals surface area contributed by atoms with Crippen LogP contribution in [0.2, 0.25) is 0 Å². The van der Waals surface area contributed by atoms with E-state index in [1.165, 1.54) is 10.9 Å². The molecule has 0 atom stereocenters. The van der Waals surface area contributed by atoms with Crippen LogP contribution in [0.15, 0.2) is 30.0 Å². The maximum Gasteiger partial charge on any atom is 0.319 e. The van der Waals surface area contributed by atoms with Crippen LogP contribution in [0.1, 0.15) is 24.1 Å². The number of fused-ring (bicyclic) bond motifs is 4. The standard InChI is InChI=1S/C16H17N3O2/c17-16(20)19-8-7-11-10-4-1-2-5-12(10)18-14(11)15-13(19)6-3-9-21-15/h1-2,4-5,18H,3,6-9H2,(H2,17,20). The van der Waals surface area contributed by atoms with Gasteiger partial charge in [-0.3, -0.25) is 4.90 Å². The fourth-order valence-corrected chi connectivity index (χ4v) is 3.34. The Hall–Kier alpha value is -2.43. The van der Waals surface area contributed by atoms with Gasteiger partial charge in [0, 0.05) is 17.4 Å². The Morgan fingerprint density at radius 2 is 2.14 bits per heavy atom. The van der Waals surface area contributed by atoms with Gasteiger partial charge in [0.25, 0.3) is 0 Å². The zero-order chi connectivity index (χ0) is 14.4. The number of hydrogen-bond acceptors (Lipinski definition) is 2. The molecule has 21 heavy (non-hydrogen) atoms. The summed E-state index contributed by atoms with van der Waals surface area (Å²) < 4.78 is 5.90. The SMILES string of the molecule is NC(=O)N1CCc2c([nH]c3ccccc23)C2=C1CCCO2. The quantitative estimate of drug-likeness (QED) is 0.780. The van der Waals surface area contributed by atoms with Crippen molar-refractivity contribution >= 4 is 22.7 Å². The Balaban J connectivity index is 1.96. The van der Waals surface area contributed by atoms with Crippen molar-refractivity contribution in [3.8, 4) is 0 Å². The molecule has 2 amide bonds. The van der Waals surface area contributed by atoms with Crippen LogP contribution < -0.4 is 5.73 Å². The van der Waals surface area contributed by atoms with Gasteiger partial charge in [-0.15, -0.1) is 0 Å². The second-order valence-electron chi connectivity index (χ2n) is 5.49. The molecule has 0 bridgehead atoms. The van der Waals surface area contributed by atoms with Crippen LogP contribution in [0.3, 0.4) is 0 Å². The molecule has 0 radical (unpaired) electrons. The van der Waals surface area contributed by atoms with E-state index in [-0.39, 0.29) is 0 Å². The van der Waals surface area contributed by atoms with E-state index >= 15 is 0 Å². The number of allylic oxidation sites excluding steroid dienone is 1. The lowest BCUT2D eigenvalue weighted by Gasteiger charge is -2.27. The van der Waals surface area contributed by atoms with Gasteiger partial charge in [-0.2, -0.15) is 0 Å². The summed E-state index contributed by atoms with van der Waals surface area (Å²) >= 11 is 0. The molecule has 0 unspecified atom stereocenters. The number of hydrogen-bond donors (Lipinski definition) is 2. The zero-order valence-corrected chi connectivity index (χ0v) is 11.7. The number of carbonyl (C=O) groups excluding carboxylic acids is 1. The number of urea groups is 1. The maximum atomic E-state index is 11.7. The minimum Gasteiger partial charge on any atom is -0.490 e. The third-order valence-corrected chi connectivity index (χ3v) is 4.28. The van der Waals surface area contributed by atoms with Gasteiger partial charge in [-0.1, -0.05) is 18.2 Å². The van der Waals surface area contributed by atoms with Crippen molar-refractivity contribution in [2.24, 2.45) is 5.73 Å². The van der Waals surface area contributed by atoms with E-state index < -0.39 is 6.03 Å². The summed E-state index contributed by atoms with van der Waals surface area (Å²) in [5.74, 6) is 0.795. The topological polar surface area (TPSA) is 71.4 Å². The Labute approximate surface area is 122 Å². The lowest BCUT2D eigenvalue weighted by Crippen LogP contribution is -2.37. The highest BCUT2D eigenvalue weighted by Crippen LogP contribution is 2.37. The molecule has 0 saturated carbocycles. The molecule has 0 spiro atoms. The second kappa shape index (κ2) is 4.55.